The summed E-state index contributed by atoms with van der Waals surface area (Å²) in [5.74, 6) is -0.980. The highest BCUT2D eigenvalue weighted by molar-refractivity contribution is 6.46. The fourth-order valence-corrected chi connectivity index (χ4v) is 4.38. The summed E-state index contributed by atoms with van der Waals surface area (Å²) >= 11 is 0. The van der Waals surface area contributed by atoms with Crippen molar-refractivity contribution in [1.82, 2.24) is 9.88 Å². The lowest BCUT2D eigenvalue weighted by atomic mass is 9.94. The SMILES string of the molecule is COc1cccc(C2/C(=C(/O)c3ccc4ccccc4c3)C(=O)C(=O)N2Cc2ccncc2)c1. The topological polar surface area (TPSA) is 79.7 Å². The summed E-state index contributed by atoms with van der Waals surface area (Å²) in [5, 5.41) is 13.3. The minimum absolute atomic E-state index is 0.0580. The van der Waals surface area contributed by atoms with Crippen LogP contribution in [0.2, 0.25) is 0 Å². The van der Waals surface area contributed by atoms with E-state index in [-0.39, 0.29) is 17.9 Å². The van der Waals surface area contributed by atoms with Crippen LogP contribution in [0, 0.1) is 0 Å². The molecule has 34 heavy (non-hydrogen) atoms. The smallest absolute Gasteiger partial charge is 0.295 e. The molecule has 2 heterocycles. The Bertz CT molecular complexity index is 1430. The van der Waals surface area contributed by atoms with Crippen molar-refractivity contribution in [3.8, 4) is 5.75 Å². The number of ether oxygens (including phenoxy) is 1. The third-order valence-electron chi connectivity index (χ3n) is 6.07. The maximum Gasteiger partial charge on any atom is 0.295 e. The van der Waals surface area contributed by atoms with Gasteiger partial charge in [-0.2, -0.15) is 0 Å². The van der Waals surface area contributed by atoms with Crippen LogP contribution < -0.4 is 4.74 Å². The van der Waals surface area contributed by atoms with Crippen LogP contribution in [0.25, 0.3) is 16.5 Å². The van der Waals surface area contributed by atoms with E-state index in [1.54, 1.807) is 55.9 Å². The van der Waals surface area contributed by atoms with E-state index in [0.717, 1.165) is 16.3 Å². The second-order valence-corrected chi connectivity index (χ2v) is 8.12. The van der Waals surface area contributed by atoms with Gasteiger partial charge in [0, 0.05) is 24.5 Å². The van der Waals surface area contributed by atoms with Crippen LogP contribution in [-0.4, -0.2) is 33.8 Å². The Morgan fingerprint density at radius 2 is 1.71 bits per heavy atom. The van der Waals surface area contributed by atoms with Crippen LogP contribution in [-0.2, 0) is 16.1 Å². The summed E-state index contributed by atoms with van der Waals surface area (Å²) in [5.41, 5.74) is 2.04. The van der Waals surface area contributed by atoms with E-state index in [1.165, 1.54) is 4.90 Å². The highest BCUT2D eigenvalue weighted by Gasteiger charge is 2.46. The second kappa shape index (κ2) is 8.83. The summed E-state index contributed by atoms with van der Waals surface area (Å²) in [6, 6.07) is 23.3. The first-order valence-corrected chi connectivity index (χ1v) is 10.9. The van der Waals surface area contributed by atoms with E-state index in [9.17, 15) is 14.7 Å². The molecule has 1 aliphatic heterocycles. The van der Waals surface area contributed by atoms with Gasteiger partial charge in [0.05, 0.1) is 18.7 Å². The maximum absolute atomic E-state index is 13.3. The molecule has 1 amide bonds. The molecule has 1 atom stereocenters. The van der Waals surface area contributed by atoms with Gasteiger partial charge in [0.1, 0.15) is 11.5 Å². The molecule has 168 valence electrons. The Kier molecular flexibility index (Phi) is 5.55. The standard InChI is InChI=1S/C28H22N2O4/c1-34-23-8-4-7-21(16-23)25-24(26(31)22-10-9-19-5-2-3-6-20(19)15-22)27(32)28(33)30(25)17-18-11-13-29-14-12-18/h2-16,25,31H,17H2,1H3/b26-24-. The van der Waals surface area contributed by atoms with Crippen LogP contribution in [0.3, 0.4) is 0 Å². The molecular formula is C28H22N2O4. The van der Waals surface area contributed by atoms with Gasteiger partial charge in [0.2, 0.25) is 0 Å². The van der Waals surface area contributed by atoms with Gasteiger partial charge in [0.25, 0.3) is 11.7 Å². The van der Waals surface area contributed by atoms with Crippen molar-refractivity contribution >= 4 is 28.2 Å². The zero-order chi connectivity index (χ0) is 23.7. The molecule has 0 saturated carbocycles. The predicted octanol–water partition coefficient (Wildman–Crippen LogP) is 4.87. The van der Waals surface area contributed by atoms with Crippen molar-refractivity contribution in [1.29, 1.82) is 0 Å². The van der Waals surface area contributed by atoms with Gasteiger partial charge in [-0.3, -0.25) is 14.6 Å². The average molecular weight is 450 g/mol. The molecule has 0 radical (unpaired) electrons. The van der Waals surface area contributed by atoms with Gasteiger partial charge < -0.3 is 14.7 Å². The Labute approximate surface area is 196 Å². The first kappa shape index (κ1) is 21.4. The lowest BCUT2D eigenvalue weighted by Crippen LogP contribution is -2.29. The number of hydrogen-bond acceptors (Lipinski definition) is 5. The molecular weight excluding hydrogens is 428 g/mol. The number of aliphatic hydroxyl groups is 1. The average Bonchev–Trinajstić information content (AvgIpc) is 3.13. The number of aliphatic hydroxyl groups excluding tert-OH is 1. The van der Waals surface area contributed by atoms with Gasteiger partial charge in [-0.05, 0) is 52.2 Å². The van der Waals surface area contributed by atoms with Gasteiger partial charge >= 0.3 is 0 Å². The fourth-order valence-electron chi connectivity index (χ4n) is 4.38. The molecule has 1 unspecified atom stereocenters. The number of rotatable bonds is 5. The highest BCUT2D eigenvalue weighted by atomic mass is 16.5. The fraction of sp³-hybridized carbons (Fsp3) is 0.107. The van der Waals surface area contributed by atoms with E-state index in [4.69, 9.17) is 4.74 Å². The number of nitrogens with zero attached hydrogens (tertiary/aromatic N) is 2. The number of Topliss-reactive ketones (excluding diaryl/α,β-unsaturated/α-hetero) is 1. The van der Waals surface area contributed by atoms with Crippen molar-refractivity contribution in [3.63, 3.8) is 0 Å². The summed E-state index contributed by atoms with van der Waals surface area (Å²) in [4.78, 5) is 32.0. The Morgan fingerprint density at radius 3 is 2.47 bits per heavy atom. The van der Waals surface area contributed by atoms with Crippen molar-refractivity contribution in [3.05, 3.63) is 114 Å². The molecule has 6 heteroatoms. The number of aromatic nitrogens is 1. The lowest BCUT2D eigenvalue weighted by Gasteiger charge is -2.25. The normalized spacial score (nSPS) is 17.3. The van der Waals surface area contributed by atoms with Crippen LogP contribution in [0.5, 0.6) is 5.75 Å². The zero-order valence-corrected chi connectivity index (χ0v) is 18.5. The van der Waals surface area contributed by atoms with Crippen LogP contribution in [0.15, 0.2) is 96.8 Å². The number of pyridine rings is 1. The van der Waals surface area contributed by atoms with Crippen LogP contribution in [0.1, 0.15) is 22.7 Å². The third-order valence-corrected chi connectivity index (χ3v) is 6.07. The van der Waals surface area contributed by atoms with E-state index >= 15 is 0 Å². The monoisotopic (exact) mass is 450 g/mol. The molecule has 4 aromatic rings. The Balaban J connectivity index is 1.67. The number of carbonyl (C=O) groups is 2. The number of hydrogen-bond donors (Lipinski definition) is 1. The maximum atomic E-state index is 13.3. The molecule has 1 aromatic heterocycles. The molecule has 0 aliphatic carbocycles. The molecule has 1 N–H and O–H groups in total. The predicted molar refractivity (Wildman–Crippen MR) is 129 cm³/mol. The molecule has 0 spiro atoms. The largest absolute Gasteiger partial charge is 0.507 e. The molecule has 5 rings (SSSR count). The van der Waals surface area contributed by atoms with E-state index < -0.39 is 17.7 Å². The van der Waals surface area contributed by atoms with Crippen LogP contribution >= 0.6 is 0 Å². The minimum atomic E-state index is -0.769. The Morgan fingerprint density at radius 1 is 0.941 bits per heavy atom. The van der Waals surface area contributed by atoms with Gasteiger partial charge in [-0.1, -0.05) is 48.5 Å². The van der Waals surface area contributed by atoms with Crippen LogP contribution in [0.4, 0.5) is 0 Å². The second-order valence-electron chi connectivity index (χ2n) is 8.12. The number of likely N-dealkylation sites (tertiary alicyclic amines) is 1. The quantitative estimate of drug-likeness (QED) is 0.267. The summed E-state index contributed by atoms with van der Waals surface area (Å²) < 4.78 is 5.37. The number of carbonyl (C=O) groups excluding carboxylic acids is 2. The van der Waals surface area contributed by atoms with Gasteiger partial charge in [0.15, 0.2) is 0 Å². The van der Waals surface area contributed by atoms with E-state index in [1.807, 2.05) is 42.5 Å². The lowest BCUT2D eigenvalue weighted by molar-refractivity contribution is -0.140. The van der Waals surface area contributed by atoms with Gasteiger partial charge in [-0.25, -0.2) is 0 Å². The van der Waals surface area contributed by atoms with Gasteiger partial charge in [-0.15, -0.1) is 0 Å². The number of methoxy groups -OCH3 is 1. The molecule has 1 saturated heterocycles. The first-order valence-electron chi connectivity index (χ1n) is 10.9. The minimum Gasteiger partial charge on any atom is -0.507 e. The Hall–Kier alpha value is -4.45. The van der Waals surface area contributed by atoms with Crippen molar-refractivity contribution < 1.29 is 19.4 Å². The number of fused-ring (bicyclic) bond motifs is 1. The third kappa shape index (κ3) is 3.79. The molecule has 6 nitrogen and oxygen atoms in total. The number of ketones is 1. The van der Waals surface area contributed by atoms with E-state index in [2.05, 4.69) is 4.98 Å². The molecule has 3 aromatic carbocycles. The summed E-state index contributed by atoms with van der Waals surface area (Å²) in [6.07, 6.45) is 3.28. The highest BCUT2D eigenvalue weighted by Crippen LogP contribution is 2.41. The number of benzene rings is 3. The summed E-state index contributed by atoms with van der Waals surface area (Å²) in [7, 11) is 1.56. The summed E-state index contributed by atoms with van der Waals surface area (Å²) in [6.45, 7) is 0.198. The van der Waals surface area contributed by atoms with Crippen molar-refractivity contribution in [2.24, 2.45) is 0 Å². The van der Waals surface area contributed by atoms with Crippen molar-refractivity contribution in [2.75, 3.05) is 7.11 Å². The molecule has 1 fully saturated rings. The first-order chi connectivity index (χ1) is 16.6. The van der Waals surface area contributed by atoms with E-state index in [0.29, 0.717) is 16.9 Å². The number of amides is 1. The molecule has 0 bridgehead atoms. The zero-order valence-electron chi connectivity index (χ0n) is 18.5. The molecule has 1 aliphatic rings. The van der Waals surface area contributed by atoms with Crippen molar-refractivity contribution in [2.45, 2.75) is 12.6 Å².